The predicted octanol–water partition coefficient (Wildman–Crippen LogP) is 2.18. The quantitative estimate of drug-likeness (QED) is 0.791. The number of ether oxygens (including phenoxy) is 1. The Kier molecular flexibility index (Phi) is 10.7. The third-order valence-corrected chi connectivity index (χ3v) is 6.06. The molecule has 1 N–H and O–H groups in total. The fraction of sp³-hybridized carbons (Fsp3) is 0.944. The van der Waals surface area contributed by atoms with Gasteiger partial charge in [-0.1, -0.05) is 6.92 Å². The summed E-state index contributed by atoms with van der Waals surface area (Å²) in [5.41, 5.74) is 0. The lowest BCUT2D eigenvalue weighted by molar-refractivity contribution is -0.135. The van der Waals surface area contributed by atoms with E-state index in [4.69, 9.17) is 4.74 Å². The molecule has 3 fully saturated rings. The Morgan fingerprint density at radius 2 is 1.64 bits per heavy atom. The lowest BCUT2D eigenvalue weighted by Crippen LogP contribution is -2.53. The van der Waals surface area contributed by atoms with E-state index in [-0.39, 0.29) is 24.8 Å². The lowest BCUT2D eigenvalue weighted by atomic mass is 9.84. The summed E-state index contributed by atoms with van der Waals surface area (Å²) in [5.74, 6) is 1.63. The largest absolute Gasteiger partial charge is 0.381 e. The number of hydrogen-bond donors (Lipinski definition) is 1. The molecule has 1 atom stereocenters. The minimum Gasteiger partial charge on any atom is -0.381 e. The number of amides is 1. The van der Waals surface area contributed by atoms with Gasteiger partial charge in [0.1, 0.15) is 0 Å². The molecule has 0 saturated carbocycles. The summed E-state index contributed by atoms with van der Waals surface area (Å²) in [5, 5.41) is 3.41. The van der Waals surface area contributed by atoms with Gasteiger partial charge in [0.05, 0.1) is 0 Å². The molecule has 0 aromatic rings. The highest BCUT2D eigenvalue weighted by Crippen LogP contribution is 2.25. The van der Waals surface area contributed by atoms with E-state index in [9.17, 15) is 4.79 Å². The van der Waals surface area contributed by atoms with Gasteiger partial charge in [-0.2, -0.15) is 0 Å². The number of piperidine rings is 1. The summed E-state index contributed by atoms with van der Waals surface area (Å²) < 4.78 is 5.46. The predicted molar refractivity (Wildman–Crippen MR) is 106 cm³/mol. The number of carbonyl (C=O) groups excluding carboxylic acids is 1. The van der Waals surface area contributed by atoms with Crippen LogP contribution in [0.25, 0.3) is 0 Å². The van der Waals surface area contributed by atoms with E-state index in [0.29, 0.717) is 17.9 Å². The third kappa shape index (κ3) is 6.55. The van der Waals surface area contributed by atoms with Crippen molar-refractivity contribution in [2.45, 2.75) is 45.1 Å². The van der Waals surface area contributed by atoms with Crippen LogP contribution in [-0.2, 0) is 9.53 Å². The van der Waals surface area contributed by atoms with Gasteiger partial charge in [-0.3, -0.25) is 9.69 Å². The van der Waals surface area contributed by atoms with Crippen LogP contribution < -0.4 is 5.32 Å². The maximum Gasteiger partial charge on any atom is 0.222 e. The smallest absolute Gasteiger partial charge is 0.222 e. The van der Waals surface area contributed by atoms with Gasteiger partial charge < -0.3 is 15.0 Å². The van der Waals surface area contributed by atoms with Gasteiger partial charge in [-0.25, -0.2) is 0 Å². The van der Waals surface area contributed by atoms with Crippen LogP contribution in [0.2, 0.25) is 0 Å². The molecular formula is C18H35Cl2N3O2. The number of piperazine rings is 1. The number of halogens is 2. The third-order valence-electron chi connectivity index (χ3n) is 6.06. The van der Waals surface area contributed by atoms with Crippen LogP contribution in [0.1, 0.15) is 39.0 Å². The van der Waals surface area contributed by atoms with E-state index in [1.165, 1.54) is 12.8 Å². The van der Waals surface area contributed by atoms with Gasteiger partial charge in [0, 0.05) is 51.9 Å². The van der Waals surface area contributed by atoms with Crippen LogP contribution in [0.4, 0.5) is 0 Å². The van der Waals surface area contributed by atoms with Gasteiger partial charge in [0.2, 0.25) is 5.91 Å². The minimum absolute atomic E-state index is 0. The Morgan fingerprint density at radius 3 is 2.24 bits per heavy atom. The summed E-state index contributed by atoms with van der Waals surface area (Å²) >= 11 is 0. The summed E-state index contributed by atoms with van der Waals surface area (Å²) in [6, 6.07) is 0.676. The first-order valence-electron chi connectivity index (χ1n) is 9.54. The number of hydrogen-bond acceptors (Lipinski definition) is 4. The van der Waals surface area contributed by atoms with Crippen LogP contribution in [-0.4, -0.2) is 74.2 Å². The second kappa shape index (κ2) is 11.6. The molecule has 0 aromatic carbocycles. The molecular weight excluding hydrogens is 361 g/mol. The number of carbonyl (C=O) groups is 1. The molecule has 0 aliphatic carbocycles. The zero-order valence-corrected chi connectivity index (χ0v) is 17.1. The summed E-state index contributed by atoms with van der Waals surface area (Å²) in [6.45, 7) is 10.2. The molecule has 7 heteroatoms. The molecule has 0 radical (unpaired) electrons. The Bertz CT molecular complexity index is 381. The molecule has 3 rings (SSSR count). The molecule has 25 heavy (non-hydrogen) atoms. The maximum atomic E-state index is 12.6. The Morgan fingerprint density at radius 1 is 1.04 bits per heavy atom. The summed E-state index contributed by atoms with van der Waals surface area (Å²) in [4.78, 5) is 17.3. The number of rotatable bonds is 4. The topological polar surface area (TPSA) is 44.8 Å². The van der Waals surface area contributed by atoms with Crippen molar-refractivity contribution in [3.05, 3.63) is 0 Å². The van der Waals surface area contributed by atoms with Gasteiger partial charge >= 0.3 is 0 Å². The molecule has 0 aromatic heterocycles. The van der Waals surface area contributed by atoms with E-state index in [2.05, 4.69) is 22.0 Å². The van der Waals surface area contributed by atoms with E-state index in [1.54, 1.807) is 0 Å². The first-order valence-corrected chi connectivity index (χ1v) is 9.54. The Balaban J connectivity index is 0.00000156. The van der Waals surface area contributed by atoms with Crippen LogP contribution in [0, 0.1) is 11.8 Å². The average molecular weight is 396 g/mol. The van der Waals surface area contributed by atoms with Crippen LogP contribution in [0.3, 0.4) is 0 Å². The molecule has 3 heterocycles. The zero-order chi connectivity index (χ0) is 16.1. The number of nitrogens with zero attached hydrogens (tertiary/aromatic N) is 2. The fourth-order valence-corrected chi connectivity index (χ4v) is 4.37. The monoisotopic (exact) mass is 395 g/mol. The molecule has 148 valence electrons. The van der Waals surface area contributed by atoms with E-state index in [0.717, 1.165) is 77.7 Å². The molecule has 3 aliphatic heterocycles. The molecule has 0 bridgehead atoms. The van der Waals surface area contributed by atoms with Gasteiger partial charge in [-0.05, 0) is 50.6 Å². The van der Waals surface area contributed by atoms with Crippen LogP contribution in [0.15, 0.2) is 0 Å². The first-order chi connectivity index (χ1) is 11.2. The zero-order valence-electron chi connectivity index (χ0n) is 15.5. The SMILES string of the molecule is CC(CC(=O)N1CCN(C2CCOCC2)CC1)C1CCNCC1.Cl.Cl. The normalized spacial score (nSPS) is 24.9. The van der Waals surface area contributed by atoms with Gasteiger partial charge in [0.25, 0.3) is 0 Å². The van der Waals surface area contributed by atoms with Crippen LogP contribution in [0.5, 0.6) is 0 Å². The molecule has 3 saturated heterocycles. The lowest BCUT2D eigenvalue weighted by Gasteiger charge is -2.41. The van der Waals surface area contributed by atoms with Gasteiger partial charge in [-0.15, -0.1) is 24.8 Å². The van der Waals surface area contributed by atoms with E-state index >= 15 is 0 Å². The van der Waals surface area contributed by atoms with Crippen molar-refractivity contribution >= 4 is 30.7 Å². The second-order valence-electron chi connectivity index (χ2n) is 7.53. The molecule has 3 aliphatic rings. The van der Waals surface area contributed by atoms with Crippen molar-refractivity contribution in [3.63, 3.8) is 0 Å². The van der Waals surface area contributed by atoms with Crippen LogP contribution >= 0.6 is 24.8 Å². The standard InChI is InChI=1S/C18H33N3O2.2ClH/c1-15(16-2-6-19-7-3-16)14-18(22)21-10-8-20(9-11-21)17-4-12-23-13-5-17;;/h15-17,19H,2-14H2,1H3;2*1H. The van der Waals surface area contributed by atoms with Gasteiger partial charge in [0.15, 0.2) is 0 Å². The van der Waals surface area contributed by atoms with Crippen molar-refractivity contribution in [2.75, 3.05) is 52.5 Å². The summed E-state index contributed by atoms with van der Waals surface area (Å²) in [7, 11) is 0. The molecule has 1 unspecified atom stereocenters. The second-order valence-corrected chi connectivity index (χ2v) is 7.53. The van der Waals surface area contributed by atoms with Crippen molar-refractivity contribution < 1.29 is 9.53 Å². The maximum absolute atomic E-state index is 12.6. The highest BCUT2D eigenvalue weighted by Gasteiger charge is 2.29. The van der Waals surface area contributed by atoms with E-state index in [1.807, 2.05) is 0 Å². The highest BCUT2D eigenvalue weighted by atomic mass is 35.5. The van der Waals surface area contributed by atoms with E-state index < -0.39 is 0 Å². The first kappa shape index (κ1) is 23.0. The van der Waals surface area contributed by atoms with Crippen molar-refractivity contribution in [2.24, 2.45) is 11.8 Å². The Hall–Kier alpha value is -0.0700. The molecule has 0 spiro atoms. The molecule has 5 nitrogen and oxygen atoms in total. The average Bonchev–Trinajstić information content (AvgIpc) is 2.63. The highest BCUT2D eigenvalue weighted by molar-refractivity contribution is 5.85. The Labute approximate surface area is 165 Å². The number of nitrogens with one attached hydrogen (secondary N) is 1. The minimum atomic E-state index is 0. The van der Waals surface area contributed by atoms with Crippen molar-refractivity contribution in [3.8, 4) is 0 Å². The molecule has 1 amide bonds. The van der Waals surface area contributed by atoms with Crippen molar-refractivity contribution in [1.82, 2.24) is 15.1 Å². The summed E-state index contributed by atoms with van der Waals surface area (Å²) in [6.07, 6.45) is 5.50. The van der Waals surface area contributed by atoms with Crippen molar-refractivity contribution in [1.29, 1.82) is 0 Å². The fourth-order valence-electron chi connectivity index (χ4n) is 4.37.